The molecule has 0 amide bonds. The van der Waals surface area contributed by atoms with Gasteiger partial charge in [0.1, 0.15) is 0 Å². The van der Waals surface area contributed by atoms with Crippen molar-refractivity contribution in [2.45, 2.75) is 64.2 Å². The summed E-state index contributed by atoms with van der Waals surface area (Å²) in [5.41, 5.74) is 0. The zero-order valence-corrected chi connectivity index (χ0v) is 8.15. The maximum Gasteiger partial charge on any atom is -0.0210 e. The summed E-state index contributed by atoms with van der Waals surface area (Å²) in [6, 6.07) is 0. The molecule has 2 saturated carbocycles. The SMILES string of the molecule is C1CCCC2CCCC[C]2CC1. The minimum atomic E-state index is 1.05. The molecule has 1 atom stereocenters. The van der Waals surface area contributed by atoms with Crippen LogP contribution in [0.1, 0.15) is 64.2 Å². The highest BCUT2D eigenvalue weighted by molar-refractivity contribution is 4.99. The summed E-state index contributed by atoms with van der Waals surface area (Å²) in [6.45, 7) is 0. The third-order valence-electron chi connectivity index (χ3n) is 3.68. The summed E-state index contributed by atoms with van der Waals surface area (Å²) in [5.74, 6) is 3.00. The highest BCUT2D eigenvalue weighted by Gasteiger charge is 2.25. The zero-order valence-electron chi connectivity index (χ0n) is 8.15. The second-order valence-electron chi connectivity index (χ2n) is 4.55. The molecule has 0 aromatic rings. The number of fused-ring (bicyclic) bond motifs is 1. The maximum atomic E-state index is 1.95. The second kappa shape index (κ2) is 4.30. The van der Waals surface area contributed by atoms with Gasteiger partial charge < -0.3 is 0 Å². The van der Waals surface area contributed by atoms with Crippen molar-refractivity contribution in [1.29, 1.82) is 0 Å². The van der Waals surface area contributed by atoms with Gasteiger partial charge in [0, 0.05) is 0 Å². The average Bonchev–Trinajstić information content (AvgIpc) is 2.06. The van der Waals surface area contributed by atoms with Crippen LogP contribution in [0.2, 0.25) is 0 Å². The van der Waals surface area contributed by atoms with Gasteiger partial charge in [-0.2, -0.15) is 0 Å². The van der Waals surface area contributed by atoms with E-state index in [1.165, 1.54) is 64.2 Å². The Morgan fingerprint density at radius 3 is 2.08 bits per heavy atom. The predicted molar refractivity (Wildman–Crippen MR) is 52.9 cm³/mol. The van der Waals surface area contributed by atoms with E-state index in [9.17, 15) is 0 Å². The molecular weight excluding hydrogens is 144 g/mol. The molecule has 2 rings (SSSR count). The first-order valence-electron chi connectivity index (χ1n) is 5.81. The lowest BCUT2D eigenvalue weighted by molar-refractivity contribution is 0.323. The molecule has 0 nitrogen and oxygen atoms in total. The van der Waals surface area contributed by atoms with Gasteiger partial charge in [-0.3, -0.25) is 0 Å². The Balaban J connectivity index is 1.89. The first kappa shape index (κ1) is 8.59. The quantitative estimate of drug-likeness (QED) is 0.507. The van der Waals surface area contributed by atoms with Gasteiger partial charge in [0.15, 0.2) is 0 Å². The van der Waals surface area contributed by atoms with E-state index in [-0.39, 0.29) is 0 Å². The lowest BCUT2D eigenvalue weighted by Gasteiger charge is -2.32. The predicted octanol–water partition coefficient (Wildman–Crippen LogP) is 4.11. The minimum Gasteiger partial charge on any atom is -0.0533 e. The van der Waals surface area contributed by atoms with Gasteiger partial charge >= 0.3 is 0 Å². The molecule has 2 fully saturated rings. The molecule has 0 aromatic heterocycles. The van der Waals surface area contributed by atoms with Crippen molar-refractivity contribution in [1.82, 2.24) is 0 Å². The first-order chi connectivity index (χ1) is 5.97. The minimum absolute atomic E-state index is 1.05. The van der Waals surface area contributed by atoms with E-state index in [2.05, 4.69) is 0 Å². The molecule has 12 heavy (non-hydrogen) atoms. The van der Waals surface area contributed by atoms with E-state index in [1.54, 1.807) is 0 Å². The smallest absolute Gasteiger partial charge is 0.0210 e. The Bertz CT molecular complexity index is 112. The van der Waals surface area contributed by atoms with E-state index in [4.69, 9.17) is 0 Å². The molecule has 0 aliphatic heterocycles. The molecule has 0 spiro atoms. The fourth-order valence-electron chi connectivity index (χ4n) is 2.92. The molecule has 0 bridgehead atoms. The number of hydrogen-bond donors (Lipinski definition) is 0. The van der Waals surface area contributed by atoms with Crippen LogP contribution in [-0.2, 0) is 0 Å². The molecular formula is C12H21. The Morgan fingerprint density at radius 1 is 0.667 bits per heavy atom. The topological polar surface area (TPSA) is 0 Å². The Morgan fingerprint density at radius 2 is 1.25 bits per heavy atom. The van der Waals surface area contributed by atoms with Crippen molar-refractivity contribution < 1.29 is 0 Å². The fraction of sp³-hybridized carbons (Fsp3) is 0.917. The van der Waals surface area contributed by atoms with Crippen LogP contribution in [0.25, 0.3) is 0 Å². The van der Waals surface area contributed by atoms with Gasteiger partial charge in [0.25, 0.3) is 0 Å². The Labute approximate surface area is 76.7 Å². The highest BCUT2D eigenvalue weighted by Crippen LogP contribution is 2.39. The second-order valence-corrected chi connectivity index (χ2v) is 4.55. The Hall–Kier alpha value is 0. The molecule has 0 aromatic carbocycles. The summed E-state index contributed by atoms with van der Waals surface area (Å²) < 4.78 is 0. The summed E-state index contributed by atoms with van der Waals surface area (Å²) >= 11 is 0. The van der Waals surface area contributed by atoms with Crippen molar-refractivity contribution in [3.05, 3.63) is 5.92 Å². The summed E-state index contributed by atoms with van der Waals surface area (Å²) in [7, 11) is 0. The lowest BCUT2D eigenvalue weighted by Crippen LogP contribution is -2.18. The van der Waals surface area contributed by atoms with Crippen molar-refractivity contribution in [2.24, 2.45) is 5.92 Å². The number of rotatable bonds is 0. The van der Waals surface area contributed by atoms with E-state index in [0.29, 0.717) is 0 Å². The maximum absolute atomic E-state index is 1.95. The van der Waals surface area contributed by atoms with Gasteiger partial charge in [-0.1, -0.05) is 38.5 Å². The van der Waals surface area contributed by atoms with Gasteiger partial charge in [0.2, 0.25) is 0 Å². The average molecular weight is 165 g/mol. The molecule has 0 N–H and O–H groups in total. The van der Waals surface area contributed by atoms with Crippen LogP contribution in [0.5, 0.6) is 0 Å². The first-order valence-corrected chi connectivity index (χ1v) is 5.81. The molecule has 2 aliphatic carbocycles. The lowest BCUT2D eigenvalue weighted by atomic mass is 9.73. The molecule has 0 heteroatoms. The summed E-state index contributed by atoms with van der Waals surface area (Å²) in [4.78, 5) is 0. The molecule has 1 unspecified atom stereocenters. The van der Waals surface area contributed by atoms with Crippen LogP contribution in [0.3, 0.4) is 0 Å². The van der Waals surface area contributed by atoms with Gasteiger partial charge in [-0.05, 0) is 37.5 Å². The molecule has 0 saturated heterocycles. The van der Waals surface area contributed by atoms with Crippen molar-refractivity contribution >= 4 is 0 Å². The normalized spacial score (nSPS) is 33.5. The third kappa shape index (κ3) is 2.02. The van der Waals surface area contributed by atoms with Crippen LogP contribution in [0.4, 0.5) is 0 Å². The molecule has 2 aliphatic rings. The molecule has 0 heterocycles. The largest absolute Gasteiger partial charge is 0.0533 e. The van der Waals surface area contributed by atoms with Crippen LogP contribution in [-0.4, -0.2) is 0 Å². The molecule has 1 radical (unpaired) electrons. The van der Waals surface area contributed by atoms with Gasteiger partial charge in [0.05, 0.1) is 0 Å². The third-order valence-corrected chi connectivity index (χ3v) is 3.68. The highest BCUT2D eigenvalue weighted by atomic mass is 14.3. The monoisotopic (exact) mass is 165 g/mol. The zero-order chi connectivity index (χ0) is 8.23. The van der Waals surface area contributed by atoms with Crippen LogP contribution >= 0.6 is 0 Å². The van der Waals surface area contributed by atoms with Crippen LogP contribution in [0.15, 0.2) is 0 Å². The van der Waals surface area contributed by atoms with Crippen molar-refractivity contribution in [3.8, 4) is 0 Å². The van der Waals surface area contributed by atoms with Crippen LogP contribution in [0, 0.1) is 11.8 Å². The van der Waals surface area contributed by atoms with Gasteiger partial charge in [-0.15, -0.1) is 0 Å². The van der Waals surface area contributed by atoms with E-state index < -0.39 is 0 Å². The van der Waals surface area contributed by atoms with Crippen molar-refractivity contribution in [3.63, 3.8) is 0 Å². The summed E-state index contributed by atoms with van der Waals surface area (Å²) in [5, 5.41) is 0. The van der Waals surface area contributed by atoms with E-state index in [0.717, 1.165) is 5.92 Å². The fourth-order valence-corrected chi connectivity index (χ4v) is 2.92. The number of hydrogen-bond acceptors (Lipinski definition) is 0. The summed E-state index contributed by atoms with van der Waals surface area (Å²) in [6.07, 6.45) is 15.0. The van der Waals surface area contributed by atoms with E-state index in [1.807, 2.05) is 5.92 Å². The Kier molecular flexibility index (Phi) is 3.08. The van der Waals surface area contributed by atoms with E-state index >= 15 is 0 Å². The van der Waals surface area contributed by atoms with Gasteiger partial charge in [-0.25, -0.2) is 0 Å². The molecule has 69 valence electrons. The standard InChI is InChI=1S/C12H21/c1-2-4-8-12-10-6-5-9-11(12)7-3-1/h11H,1-10H2. The van der Waals surface area contributed by atoms with Crippen molar-refractivity contribution in [2.75, 3.05) is 0 Å². The van der Waals surface area contributed by atoms with Crippen LogP contribution < -0.4 is 0 Å².